The van der Waals surface area contributed by atoms with Crippen LogP contribution in [-0.2, 0) is 232 Å². The van der Waals surface area contributed by atoms with Crippen molar-refractivity contribution in [2.24, 2.45) is 0 Å². The third-order valence-electron chi connectivity index (χ3n) is 24.2. The summed E-state index contributed by atoms with van der Waals surface area (Å²) in [5, 5.41) is 167. The molecular formula is C94H189NO48. The Balaban J connectivity index is 3.11. The standard InChI is InChI=1S/C94H189NO48/c1-2-3-4-5-6-7-8-9-10-11-12-13-14-15-16-17-18-19-20-21-22-23-24-25-26-27-28-29-30-31-32-33-34-35-36-37-38-39-40-41-42-43-44-45-46-47-48-49-50-51-52-53-54-55-56-57-58-59-60-61-62-63-64-65-66-67-68-69-70-71-72-73-74-75-76-77-78-79-80-81-82-83-84-85-86-87-88-89-90-91-92-93-98-100-102-104-106-108-110-112-114-116-118-120-122-124-126-128-130-132-134-136-138-140-142-143-141-139-137-135-133-131-129-127-125-123-121-119-117-115-113-111-109-107-105-103-101-99-95-94(96)97/h95H,2-93H2,1H3,(H,96,97). The van der Waals surface area contributed by atoms with Gasteiger partial charge in [-0.3, -0.25) is 0 Å². The van der Waals surface area contributed by atoms with E-state index in [0.717, 1.165) is 19.3 Å². The zero-order chi connectivity index (χ0) is 102. The number of nitrogens with one attached hydrogen (secondary N) is 1. The van der Waals surface area contributed by atoms with Gasteiger partial charge in [0.2, 0.25) is 0 Å². The van der Waals surface area contributed by atoms with Crippen molar-refractivity contribution in [3.8, 4) is 0 Å². The Morgan fingerprint density at radius 2 is 0.210 bits per heavy atom. The van der Waals surface area contributed by atoms with Gasteiger partial charge in [0.25, 0.3) is 0 Å². The number of unbranched alkanes of at least 4 members (excludes halogenated alkanes) is 90. The van der Waals surface area contributed by atoms with Gasteiger partial charge >= 0.3 is 6.09 Å². The SMILES string of the molecule is CCCCCCCCCCCCCCCCCCCCCCCCCCCCCCCCCCCCCCCCCCCCCCCCCCCCCCCCCCCCCCCCCCCCCCCCCCCCCCCCCCCCCCCCCCCCCOOOOOOOOOOOOOOOOOOOOOOOOOOOOOOOOOOOOOOOOOOOOOONC(=O)O. The molecule has 0 saturated heterocycles. The molecule has 49 heteroatoms. The molecular weight excluding hydrogens is 1910 g/mol. The molecule has 2 N–H and O–H groups in total. The highest BCUT2D eigenvalue weighted by molar-refractivity contribution is 5.62. The van der Waals surface area contributed by atoms with Crippen molar-refractivity contribution in [1.29, 1.82) is 0 Å². The molecule has 0 aliphatic rings. The third kappa shape index (κ3) is 139. The average Bonchev–Trinajstić information content (AvgIpc) is 1.09. The molecule has 0 fully saturated rings. The number of hydroxylamine groups is 1. The Hall–Kier alpha value is -2.57. The van der Waals surface area contributed by atoms with E-state index in [-0.39, 0.29) is 6.61 Å². The molecule has 0 unspecified atom stereocenters. The van der Waals surface area contributed by atoms with Gasteiger partial charge < -0.3 is 5.11 Å². The van der Waals surface area contributed by atoms with E-state index in [0.29, 0.717) is 0 Å². The van der Waals surface area contributed by atoms with Gasteiger partial charge in [-0.05, 0) is 87.0 Å². The lowest BCUT2D eigenvalue weighted by Gasteiger charge is -2.05. The minimum Gasteiger partial charge on any atom is -0.463 e. The van der Waals surface area contributed by atoms with Crippen LogP contribution in [0.2, 0.25) is 0 Å². The molecule has 0 aromatic carbocycles. The molecule has 0 heterocycles. The Labute approximate surface area is 847 Å². The summed E-state index contributed by atoms with van der Waals surface area (Å²) < 4.78 is 0. The first kappa shape index (κ1) is 140. The maximum absolute atomic E-state index is 9.94. The second-order valence-corrected chi connectivity index (χ2v) is 36.1. The molecule has 49 nitrogen and oxygen atoms in total. The van der Waals surface area contributed by atoms with E-state index in [2.05, 4.69) is 234 Å². The Morgan fingerprint density at radius 1 is 0.126 bits per heavy atom. The fourth-order valence-electron chi connectivity index (χ4n) is 16.6. The number of carbonyl (C=O) groups is 1. The van der Waals surface area contributed by atoms with E-state index < -0.39 is 6.09 Å². The summed E-state index contributed by atoms with van der Waals surface area (Å²) in [4.78, 5) is 18.3. The normalized spacial score (nSPS) is 11.8. The Kier molecular flexibility index (Phi) is 135. The predicted molar refractivity (Wildman–Crippen MR) is 492 cm³/mol. The van der Waals surface area contributed by atoms with E-state index >= 15 is 0 Å². The summed E-state index contributed by atoms with van der Waals surface area (Å²) in [7, 11) is 0. The fraction of sp³-hybridized carbons (Fsp3) is 0.989. The molecule has 0 aliphatic carbocycles. The van der Waals surface area contributed by atoms with Crippen molar-refractivity contribution in [3.63, 3.8) is 0 Å². The monoisotopic (exact) mass is 2100 g/mol. The van der Waals surface area contributed by atoms with Gasteiger partial charge in [-0.2, -0.15) is 5.48 Å². The highest BCUT2D eigenvalue weighted by atomic mass is 18.0. The van der Waals surface area contributed by atoms with Crippen molar-refractivity contribution < 1.29 is 241 Å². The molecule has 143 heavy (non-hydrogen) atoms. The largest absolute Gasteiger partial charge is 0.463 e. The smallest absolute Gasteiger partial charge is 0.431 e. The van der Waals surface area contributed by atoms with E-state index in [1.165, 1.54) is 571 Å². The zero-order valence-electron chi connectivity index (χ0n) is 86.7. The molecule has 0 saturated carbocycles. The van der Waals surface area contributed by atoms with Gasteiger partial charge in [-0.15, -0.1) is 0 Å². The quantitative estimate of drug-likeness (QED) is 0.0324. The van der Waals surface area contributed by atoms with E-state index in [1.54, 1.807) is 0 Å². The number of hydrogen-bond donors (Lipinski definition) is 2. The maximum Gasteiger partial charge on any atom is 0.431 e. The summed E-state index contributed by atoms with van der Waals surface area (Å²) in [5.74, 6) is 0. The fourth-order valence-corrected chi connectivity index (χ4v) is 16.6. The second kappa shape index (κ2) is 137. The predicted octanol–water partition coefficient (Wildman–Crippen LogP) is 32.6. The molecule has 0 aliphatic heterocycles. The molecule has 0 radical (unpaired) electrons. The number of carboxylic acid groups (broad SMARTS) is 1. The van der Waals surface area contributed by atoms with Crippen molar-refractivity contribution >= 4 is 6.09 Å². The minimum absolute atomic E-state index is 0.248. The van der Waals surface area contributed by atoms with Crippen molar-refractivity contribution in [3.05, 3.63) is 0 Å². The van der Waals surface area contributed by atoms with Crippen LogP contribution in [0.5, 0.6) is 0 Å². The maximum atomic E-state index is 9.94. The molecule has 0 rings (SSSR count). The number of hydrogen-bond acceptors (Lipinski definition) is 47. The van der Waals surface area contributed by atoms with Gasteiger partial charge in [-0.1, -0.05) is 590 Å². The van der Waals surface area contributed by atoms with Gasteiger partial charge in [-0.25, -0.2) is 9.68 Å². The number of rotatable bonds is 138. The molecule has 0 aromatic heterocycles. The van der Waals surface area contributed by atoms with Crippen LogP contribution in [0.25, 0.3) is 0 Å². The van der Waals surface area contributed by atoms with Crippen molar-refractivity contribution in [1.82, 2.24) is 5.48 Å². The summed E-state index contributed by atoms with van der Waals surface area (Å²) >= 11 is 0. The third-order valence-corrected chi connectivity index (χ3v) is 24.2. The number of amides is 1. The summed E-state index contributed by atoms with van der Waals surface area (Å²) in [6.07, 6.45) is 129. The zero-order valence-corrected chi connectivity index (χ0v) is 86.7. The van der Waals surface area contributed by atoms with E-state index in [4.69, 9.17) is 9.99 Å². The van der Waals surface area contributed by atoms with Crippen LogP contribution in [0.15, 0.2) is 0 Å². The van der Waals surface area contributed by atoms with Gasteiger partial charge in [0, 0.05) is 141 Å². The van der Waals surface area contributed by atoms with Gasteiger partial charge in [0.1, 0.15) is 0 Å². The Morgan fingerprint density at radius 3 is 0.308 bits per heavy atom. The summed E-state index contributed by atoms with van der Waals surface area (Å²) in [5.41, 5.74) is 1.21. The average molecular weight is 2100 g/mol. The van der Waals surface area contributed by atoms with Crippen LogP contribution in [0.3, 0.4) is 0 Å². The minimum atomic E-state index is -1.64. The van der Waals surface area contributed by atoms with Crippen LogP contribution < -0.4 is 5.48 Å². The lowest BCUT2D eigenvalue weighted by Crippen LogP contribution is -2.21. The summed E-state index contributed by atoms with van der Waals surface area (Å²) in [6, 6.07) is 0. The lowest BCUT2D eigenvalue weighted by molar-refractivity contribution is -0.910. The highest BCUT2D eigenvalue weighted by Crippen LogP contribution is 2.25. The molecule has 1 amide bonds. The molecule has 0 aromatic rings. The van der Waals surface area contributed by atoms with Crippen LogP contribution in [0.4, 0.5) is 4.79 Å². The highest BCUT2D eigenvalue weighted by Gasteiger charge is 2.11. The van der Waals surface area contributed by atoms with Crippen LogP contribution in [0, 0.1) is 0 Å². The second-order valence-electron chi connectivity index (χ2n) is 36.1. The molecule has 0 spiro atoms. The topological polar surface area (TPSA) is 474 Å². The first-order valence-electron chi connectivity index (χ1n) is 54.9. The Bertz CT molecular complexity index is 2000. The first-order chi connectivity index (χ1) is 71.3. The van der Waals surface area contributed by atoms with Gasteiger partial charge in [0.05, 0.1) is 6.61 Å². The van der Waals surface area contributed by atoms with Crippen molar-refractivity contribution in [2.75, 3.05) is 6.61 Å². The van der Waals surface area contributed by atoms with E-state index in [9.17, 15) is 4.79 Å². The first-order valence-corrected chi connectivity index (χ1v) is 54.9. The van der Waals surface area contributed by atoms with Crippen molar-refractivity contribution in [2.45, 2.75) is 591 Å². The molecule has 0 bridgehead atoms. The van der Waals surface area contributed by atoms with Gasteiger partial charge in [0.15, 0.2) is 0 Å². The lowest BCUT2D eigenvalue weighted by atomic mass is 10.0. The molecule has 0 atom stereocenters. The van der Waals surface area contributed by atoms with E-state index in [1.807, 2.05) is 0 Å². The van der Waals surface area contributed by atoms with Crippen LogP contribution in [-0.4, -0.2) is 17.8 Å². The van der Waals surface area contributed by atoms with Crippen LogP contribution >= 0.6 is 0 Å². The summed E-state index contributed by atoms with van der Waals surface area (Å²) in [6.45, 7) is 2.56. The molecule has 858 valence electrons. The van der Waals surface area contributed by atoms with Crippen LogP contribution in [0.1, 0.15) is 591 Å².